The average molecular weight is 1740 g/mol. The van der Waals surface area contributed by atoms with Crippen molar-refractivity contribution in [2.45, 2.75) is 0 Å². The average Bonchev–Trinajstić information content (AvgIpc) is 1.56. The van der Waals surface area contributed by atoms with Gasteiger partial charge in [0.2, 0.25) is 17.8 Å². The Hall–Kier alpha value is -18.5. The molecule has 0 aliphatic rings. The first-order valence-electron chi connectivity index (χ1n) is 45.8. The minimum atomic E-state index is 0.658. The predicted molar refractivity (Wildman–Crippen MR) is 561 cm³/mol. The van der Waals surface area contributed by atoms with E-state index in [1.165, 1.54) is 75.4 Å². The van der Waals surface area contributed by atoms with Gasteiger partial charge in [0.25, 0.3) is 0 Å². The van der Waals surface area contributed by atoms with Crippen LogP contribution in [0.5, 0.6) is 0 Å². The fourth-order valence-electron chi connectivity index (χ4n) is 21.2. The van der Waals surface area contributed by atoms with Gasteiger partial charge in [0, 0.05) is 115 Å². The van der Waals surface area contributed by atoms with E-state index in [0.717, 1.165) is 188 Å². The van der Waals surface area contributed by atoms with Crippen LogP contribution in [0.3, 0.4) is 0 Å². The van der Waals surface area contributed by atoms with Gasteiger partial charge in [0.05, 0.1) is 61.0 Å². The van der Waals surface area contributed by atoms with Crippen molar-refractivity contribution in [3.8, 4) is 73.7 Å². The maximum atomic E-state index is 6.41. The van der Waals surface area contributed by atoms with Gasteiger partial charge in [0.15, 0.2) is 0 Å². The third-order valence-electron chi connectivity index (χ3n) is 27.4. The molecule has 9 heterocycles. The number of nitrogens with zero attached hydrogens (tertiary/aromatic N) is 9. The van der Waals surface area contributed by atoms with Gasteiger partial charge in [-0.15, -0.1) is 0 Å². The number of furan rings is 3. The van der Waals surface area contributed by atoms with Crippen molar-refractivity contribution in [3.05, 3.63) is 443 Å². The summed E-state index contributed by atoms with van der Waals surface area (Å²) in [5, 5.41) is 26.6. The van der Waals surface area contributed by atoms with Gasteiger partial charge in [-0.05, 0) is 157 Å². The maximum absolute atomic E-state index is 6.41. The summed E-state index contributed by atoms with van der Waals surface area (Å²) in [6.45, 7) is 0. The lowest BCUT2D eigenvalue weighted by Gasteiger charge is -2.12. The van der Waals surface area contributed by atoms with Gasteiger partial charge in [-0.25, -0.2) is 29.9 Å². The zero-order valence-electron chi connectivity index (χ0n) is 72.9. The van der Waals surface area contributed by atoms with E-state index < -0.39 is 0 Å². The Morgan fingerprint density at radius 3 is 0.949 bits per heavy atom. The molecule has 0 saturated heterocycles. The number of rotatable bonds is 8. The lowest BCUT2D eigenvalue weighted by molar-refractivity contribution is 0.669. The lowest BCUT2D eigenvalue weighted by Crippen LogP contribution is -2.03. The molecule has 0 unspecified atom stereocenters. The van der Waals surface area contributed by atoms with E-state index in [1.807, 2.05) is 91.1 Å². The van der Waals surface area contributed by atoms with Crippen molar-refractivity contribution in [2.75, 3.05) is 0 Å². The smallest absolute Gasteiger partial charge is 0.235 e. The third-order valence-corrected chi connectivity index (χ3v) is 27.4. The molecule has 0 bridgehead atoms. The normalized spacial score (nSPS) is 12.0. The Kier molecular flexibility index (Phi) is 17.2. The molecular weight excluding hydrogens is 1660 g/mol. The Balaban J connectivity index is 0.000000102. The first-order valence-corrected chi connectivity index (χ1v) is 45.8. The van der Waals surface area contributed by atoms with Gasteiger partial charge < -0.3 is 13.3 Å². The second kappa shape index (κ2) is 30.6. The second-order valence-electron chi connectivity index (χ2n) is 35.0. The highest BCUT2D eigenvalue weighted by Crippen LogP contribution is 2.47. The van der Waals surface area contributed by atoms with Crippen LogP contribution in [0.4, 0.5) is 0 Å². The minimum Gasteiger partial charge on any atom is -0.455 e. The molecule has 30 aromatic rings. The quantitative estimate of drug-likeness (QED) is 0.146. The van der Waals surface area contributed by atoms with Gasteiger partial charge in [-0.1, -0.05) is 340 Å². The van der Waals surface area contributed by atoms with Crippen molar-refractivity contribution < 1.29 is 13.3 Å². The van der Waals surface area contributed by atoms with Crippen molar-refractivity contribution in [1.82, 2.24) is 43.6 Å². The summed E-state index contributed by atoms with van der Waals surface area (Å²) in [6, 6.07) is 153. The number of fused-ring (bicyclic) bond motifs is 28. The van der Waals surface area contributed by atoms with E-state index in [1.54, 1.807) is 0 Å². The summed E-state index contributed by atoms with van der Waals surface area (Å²) in [5.41, 5.74) is 25.4. The van der Waals surface area contributed by atoms with Crippen molar-refractivity contribution in [3.63, 3.8) is 0 Å². The summed E-state index contributed by atoms with van der Waals surface area (Å²) >= 11 is 0. The summed E-state index contributed by atoms with van der Waals surface area (Å²) < 4.78 is 25.8. The van der Waals surface area contributed by atoms with Crippen LogP contribution in [0.25, 0.3) is 281 Å². The number of benzene rings is 21. The van der Waals surface area contributed by atoms with Gasteiger partial charge >= 0.3 is 0 Å². The predicted octanol–water partition coefficient (Wildman–Crippen LogP) is 32.8. The molecule has 9 aromatic heterocycles. The summed E-state index contributed by atoms with van der Waals surface area (Å²) in [4.78, 5) is 30.6. The van der Waals surface area contributed by atoms with E-state index in [2.05, 4.69) is 366 Å². The zero-order chi connectivity index (χ0) is 89.2. The van der Waals surface area contributed by atoms with Crippen LogP contribution in [-0.2, 0) is 0 Å². The fourth-order valence-corrected chi connectivity index (χ4v) is 21.2. The van der Waals surface area contributed by atoms with Gasteiger partial charge in [-0.2, -0.15) is 0 Å². The molecule has 0 amide bonds. The molecule has 0 radical (unpaired) electrons. The summed E-state index contributed by atoms with van der Waals surface area (Å²) in [5.74, 6) is 2.00. The molecule has 12 nitrogen and oxygen atoms in total. The molecule has 12 heteroatoms. The second-order valence-corrected chi connectivity index (χ2v) is 35.0. The van der Waals surface area contributed by atoms with E-state index in [9.17, 15) is 0 Å². The van der Waals surface area contributed by atoms with Crippen LogP contribution in [0.15, 0.2) is 456 Å². The lowest BCUT2D eigenvalue weighted by atomic mass is 9.97. The van der Waals surface area contributed by atoms with Crippen LogP contribution in [-0.4, -0.2) is 43.6 Å². The summed E-state index contributed by atoms with van der Waals surface area (Å²) in [7, 11) is 0. The van der Waals surface area contributed by atoms with E-state index in [0.29, 0.717) is 17.8 Å². The first kappa shape index (κ1) is 76.4. The first-order chi connectivity index (χ1) is 67.4. The molecule has 0 spiro atoms. The highest BCUT2D eigenvalue weighted by atomic mass is 16.3. The van der Waals surface area contributed by atoms with E-state index in [4.69, 9.17) is 43.2 Å². The molecule has 136 heavy (non-hydrogen) atoms. The van der Waals surface area contributed by atoms with Crippen molar-refractivity contribution in [1.29, 1.82) is 0 Å². The standard InChI is InChI=1S/C46H27N3O.C42H25N3O.C36H21N3O/c1-2-11-29-26-32(21-20-28(29)10-1)44-37-13-3-6-17-39(37)47-46(48-44)49-40-18-7-4-14-38(40)43-33-24-22-31(27-30(33)23-25-41(43)49)34-15-9-16-36-35-12-5-8-19-42(35)50-45(34)36;1-2-11-26(12-3-1)40-33-14-4-7-18-35(33)43-42(44-40)45-36-19-8-5-15-34(36)39-29-23-21-28(25-27(29)22-24-37(39)45)30-16-10-17-32-31-13-6-9-20-38(31)46-41(30)32;1-4-13-30-24(8-1)21-37-36(38-30)39-31-14-5-2-10-29(31)34-25-18-16-23(20-22(25)17-19-32(34)39)26-11-7-12-28-27-9-3-6-15-33(27)40-35(26)28/h1-27H;1-25H;1-21H. The van der Waals surface area contributed by atoms with Crippen molar-refractivity contribution >= 4 is 207 Å². The van der Waals surface area contributed by atoms with E-state index in [-0.39, 0.29) is 0 Å². The molecule has 0 aliphatic carbocycles. The highest BCUT2D eigenvalue weighted by molar-refractivity contribution is 6.26. The monoisotopic (exact) mass is 1740 g/mol. The van der Waals surface area contributed by atoms with E-state index >= 15 is 0 Å². The Morgan fingerprint density at radius 2 is 0.500 bits per heavy atom. The third kappa shape index (κ3) is 12.1. The molecule has 0 fully saturated rings. The van der Waals surface area contributed by atoms with Gasteiger partial charge in [-0.3, -0.25) is 13.7 Å². The molecule has 21 aromatic carbocycles. The highest BCUT2D eigenvalue weighted by Gasteiger charge is 2.26. The van der Waals surface area contributed by atoms with Crippen molar-refractivity contribution in [2.24, 2.45) is 0 Å². The molecule has 0 N–H and O–H groups in total. The van der Waals surface area contributed by atoms with Crippen LogP contribution in [0.2, 0.25) is 0 Å². The zero-order valence-corrected chi connectivity index (χ0v) is 72.9. The molecular formula is C124H73N9O3. The Morgan fingerprint density at radius 1 is 0.176 bits per heavy atom. The van der Waals surface area contributed by atoms with Crippen LogP contribution in [0, 0.1) is 0 Å². The number of aromatic nitrogens is 9. The number of hydrogen-bond donors (Lipinski definition) is 0. The minimum absolute atomic E-state index is 0.658. The Labute approximate surface area is 775 Å². The maximum Gasteiger partial charge on any atom is 0.235 e. The van der Waals surface area contributed by atoms with Gasteiger partial charge in [0.1, 0.15) is 33.5 Å². The topological polar surface area (TPSA) is 132 Å². The van der Waals surface area contributed by atoms with Crippen LogP contribution < -0.4 is 0 Å². The largest absolute Gasteiger partial charge is 0.455 e. The molecule has 0 aliphatic heterocycles. The summed E-state index contributed by atoms with van der Waals surface area (Å²) in [6.07, 6.45) is 1.91. The molecule has 30 rings (SSSR count). The molecule has 632 valence electrons. The number of hydrogen-bond acceptors (Lipinski definition) is 9. The Bertz CT molecular complexity index is 10300. The SMILES string of the molecule is c1ccc(-c2nc(-n3c4ccccc4c4c5ccc(-c6cccc7c6oc6ccccc67)cc5ccc43)nc3ccccc23)cc1.c1ccc2cc(-c3nc(-n4c5ccccc5c5c6ccc(-c7cccc8c7oc7ccccc78)cc6ccc54)nc4ccccc34)ccc2c1.c1ccc2nc(-n3c4ccccc4c4c5ccc(-c6cccc7c6oc6ccccc67)cc5ccc43)ncc2c1. The fraction of sp³-hybridized carbons (Fsp3) is 0. The van der Waals surface area contributed by atoms with Crippen LogP contribution >= 0.6 is 0 Å². The number of para-hydroxylation sites is 12. The molecule has 0 saturated carbocycles. The molecule has 0 atom stereocenters. The van der Waals surface area contributed by atoms with Crippen LogP contribution in [0.1, 0.15) is 0 Å².